The summed E-state index contributed by atoms with van der Waals surface area (Å²) in [5.41, 5.74) is 0.482. The first-order valence-corrected chi connectivity index (χ1v) is 6.54. The lowest BCUT2D eigenvalue weighted by molar-refractivity contribution is 0.0321. The molecule has 1 aliphatic heterocycles. The molecule has 0 aromatic carbocycles. The molecule has 1 saturated heterocycles. The first-order valence-electron chi connectivity index (χ1n) is 6.54. The van der Waals surface area contributed by atoms with Crippen LogP contribution in [0.4, 0.5) is 0 Å². The third-order valence-electron chi connectivity index (χ3n) is 4.35. The number of likely N-dealkylation sites (tertiary alicyclic amines) is 1. The Morgan fingerprint density at radius 1 is 1.33 bits per heavy atom. The number of hydrogen-bond acceptors (Lipinski definition) is 1. The fraction of sp³-hybridized carbons (Fsp3) is 1.00. The summed E-state index contributed by atoms with van der Waals surface area (Å²) in [5, 5.41) is 0. The maximum Gasteiger partial charge on any atom is 0.00120 e. The minimum Gasteiger partial charge on any atom is -0.306 e. The molecular formula is C14H29N. The number of hydrogen-bond donors (Lipinski definition) is 0. The average molecular weight is 211 g/mol. The van der Waals surface area contributed by atoms with Crippen molar-refractivity contribution in [3.8, 4) is 0 Å². The Morgan fingerprint density at radius 2 is 1.93 bits per heavy atom. The third-order valence-corrected chi connectivity index (χ3v) is 4.35. The first kappa shape index (κ1) is 13.0. The van der Waals surface area contributed by atoms with Gasteiger partial charge in [-0.05, 0) is 43.2 Å². The van der Waals surface area contributed by atoms with Gasteiger partial charge in [0.1, 0.15) is 0 Å². The van der Waals surface area contributed by atoms with Crippen molar-refractivity contribution in [3.63, 3.8) is 0 Å². The highest BCUT2D eigenvalue weighted by Crippen LogP contribution is 2.41. The summed E-state index contributed by atoms with van der Waals surface area (Å²) in [6, 6.07) is 0. The molecule has 15 heavy (non-hydrogen) atoms. The monoisotopic (exact) mass is 211 g/mol. The molecule has 0 aliphatic carbocycles. The van der Waals surface area contributed by atoms with Crippen LogP contribution in [0.25, 0.3) is 0 Å². The predicted octanol–water partition coefficient (Wildman–Crippen LogP) is 3.65. The van der Waals surface area contributed by atoms with Crippen molar-refractivity contribution in [2.75, 3.05) is 20.1 Å². The van der Waals surface area contributed by atoms with Gasteiger partial charge in [0, 0.05) is 6.54 Å². The summed E-state index contributed by atoms with van der Waals surface area (Å²) in [6.07, 6.45) is 2.71. The molecule has 0 amide bonds. The Labute approximate surface area is 96.2 Å². The zero-order valence-electron chi connectivity index (χ0n) is 11.5. The fourth-order valence-corrected chi connectivity index (χ4v) is 3.11. The normalized spacial score (nSPS) is 31.6. The van der Waals surface area contributed by atoms with Crippen molar-refractivity contribution < 1.29 is 0 Å². The van der Waals surface area contributed by atoms with Crippen LogP contribution >= 0.6 is 0 Å². The van der Waals surface area contributed by atoms with Gasteiger partial charge < -0.3 is 4.90 Å². The van der Waals surface area contributed by atoms with E-state index in [0.29, 0.717) is 5.41 Å². The molecule has 90 valence electrons. The molecule has 0 bridgehead atoms. The predicted molar refractivity (Wildman–Crippen MR) is 68.0 cm³/mol. The molecule has 1 fully saturated rings. The average Bonchev–Trinajstić information content (AvgIpc) is 2.14. The zero-order valence-corrected chi connectivity index (χ0v) is 11.5. The van der Waals surface area contributed by atoms with Crippen molar-refractivity contribution in [3.05, 3.63) is 0 Å². The van der Waals surface area contributed by atoms with Crippen LogP contribution in [-0.4, -0.2) is 25.0 Å². The Kier molecular flexibility index (Phi) is 4.22. The van der Waals surface area contributed by atoms with Gasteiger partial charge in [-0.25, -0.2) is 0 Å². The van der Waals surface area contributed by atoms with E-state index in [1.54, 1.807) is 0 Å². The molecule has 0 aromatic heterocycles. The standard InChI is InChI=1S/C14H29N/c1-7-11(2)12-10-15(6)9-8-13(12)14(3,4)5/h11-13H,7-10H2,1-6H3. The Morgan fingerprint density at radius 3 is 2.40 bits per heavy atom. The van der Waals surface area contributed by atoms with E-state index in [2.05, 4.69) is 46.6 Å². The maximum absolute atomic E-state index is 2.51. The summed E-state index contributed by atoms with van der Waals surface area (Å²) in [6.45, 7) is 14.6. The van der Waals surface area contributed by atoms with Crippen LogP contribution in [0.15, 0.2) is 0 Å². The second-order valence-electron chi connectivity index (χ2n) is 6.57. The summed E-state index contributed by atoms with van der Waals surface area (Å²) in [5.74, 6) is 2.68. The lowest BCUT2D eigenvalue weighted by atomic mass is 9.65. The van der Waals surface area contributed by atoms with Gasteiger partial charge in [-0.2, -0.15) is 0 Å². The van der Waals surface area contributed by atoms with Crippen LogP contribution < -0.4 is 0 Å². The second-order valence-corrected chi connectivity index (χ2v) is 6.57. The van der Waals surface area contributed by atoms with Gasteiger partial charge in [0.25, 0.3) is 0 Å². The molecule has 1 nitrogen and oxygen atoms in total. The third kappa shape index (κ3) is 3.21. The highest BCUT2D eigenvalue weighted by Gasteiger charge is 2.37. The topological polar surface area (TPSA) is 3.24 Å². The zero-order chi connectivity index (χ0) is 11.6. The summed E-state index contributed by atoms with van der Waals surface area (Å²) >= 11 is 0. The molecule has 3 unspecified atom stereocenters. The van der Waals surface area contributed by atoms with E-state index >= 15 is 0 Å². The molecular weight excluding hydrogens is 182 g/mol. The highest BCUT2D eigenvalue weighted by atomic mass is 15.1. The van der Waals surface area contributed by atoms with Gasteiger partial charge in [-0.3, -0.25) is 0 Å². The first-order chi connectivity index (χ1) is 6.86. The Bertz CT molecular complexity index is 192. The van der Waals surface area contributed by atoms with E-state index in [9.17, 15) is 0 Å². The number of nitrogens with zero attached hydrogens (tertiary/aromatic N) is 1. The highest BCUT2D eigenvalue weighted by molar-refractivity contribution is 4.88. The molecule has 1 heteroatoms. The van der Waals surface area contributed by atoms with E-state index in [4.69, 9.17) is 0 Å². The summed E-state index contributed by atoms with van der Waals surface area (Å²) < 4.78 is 0. The molecule has 1 heterocycles. The van der Waals surface area contributed by atoms with Gasteiger partial charge in [0.05, 0.1) is 0 Å². The second kappa shape index (κ2) is 4.86. The smallest absolute Gasteiger partial charge is 0.00120 e. The Hall–Kier alpha value is -0.0400. The Balaban J connectivity index is 2.75. The SMILES string of the molecule is CCC(C)C1CN(C)CCC1C(C)(C)C. The van der Waals surface area contributed by atoms with Gasteiger partial charge in [-0.1, -0.05) is 41.0 Å². The van der Waals surface area contributed by atoms with Crippen LogP contribution in [0.5, 0.6) is 0 Å². The molecule has 1 rings (SSSR count). The van der Waals surface area contributed by atoms with Gasteiger partial charge in [-0.15, -0.1) is 0 Å². The van der Waals surface area contributed by atoms with Crippen molar-refractivity contribution in [1.29, 1.82) is 0 Å². The molecule has 0 N–H and O–H groups in total. The number of rotatable bonds is 2. The van der Waals surface area contributed by atoms with Gasteiger partial charge >= 0.3 is 0 Å². The molecule has 0 saturated carbocycles. The molecule has 1 aliphatic rings. The van der Waals surface area contributed by atoms with Crippen molar-refractivity contribution >= 4 is 0 Å². The van der Waals surface area contributed by atoms with E-state index in [1.807, 2.05) is 0 Å². The van der Waals surface area contributed by atoms with Crippen LogP contribution in [0.1, 0.15) is 47.5 Å². The van der Waals surface area contributed by atoms with Gasteiger partial charge in [0.2, 0.25) is 0 Å². The van der Waals surface area contributed by atoms with Gasteiger partial charge in [0.15, 0.2) is 0 Å². The van der Waals surface area contributed by atoms with Crippen LogP contribution in [-0.2, 0) is 0 Å². The number of piperidine rings is 1. The molecule has 0 radical (unpaired) electrons. The minimum atomic E-state index is 0.482. The largest absolute Gasteiger partial charge is 0.306 e. The molecule has 0 aromatic rings. The summed E-state index contributed by atoms with van der Waals surface area (Å²) in [7, 11) is 2.27. The minimum absolute atomic E-state index is 0.482. The lowest BCUT2D eigenvalue weighted by Gasteiger charge is -2.46. The summed E-state index contributed by atoms with van der Waals surface area (Å²) in [4.78, 5) is 2.51. The van der Waals surface area contributed by atoms with Crippen LogP contribution in [0.3, 0.4) is 0 Å². The van der Waals surface area contributed by atoms with E-state index < -0.39 is 0 Å². The quantitative estimate of drug-likeness (QED) is 0.674. The van der Waals surface area contributed by atoms with Crippen LogP contribution in [0, 0.1) is 23.2 Å². The molecule has 0 spiro atoms. The lowest BCUT2D eigenvalue weighted by Crippen LogP contribution is -2.45. The van der Waals surface area contributed by atoms with Crippen molar-refractivity contribution in [2.24, 2.45) is 23.2 Å². The fourth-order valence-electron chi connectivity index (χ4n) is 3.11. The van der Waals surface area contributed by atoms with Crippen LogP contribution in [0.2, 0.25) is 0 Å². The van der Waals surface area contributed by atoms with E-state index in [0.717, 1.165) is 17.8 Å². The molecule has 3 atom stereocenters. The van der Waals surface area contributed by atoms with E-state index in [-0.39, 0.29) is 0 Å². The van der Waals surface area contributed by atoms with Crippen molar-refractivity contribution in [1.82, 2.24) is 4.90 Å². The van der Waals surface area contributed by atoms with Crippen molar-refractivity contribution in [2.45, 2.75) is 47.5 Å². The maximum atomic E-state index is 2.51. The van der Waals surface area contributed by atoms with E-state index in [1.165, 1.54) is 25.9 Å².